The molecule has 2 heterocycles. The second-order valence-electron chi connectivity index (χ2n) is 11.2. The van der Waals surface area contributed by atoms with E-state index in [4.69, 9.17) is 0 Å². The van der Waals surface area contributed by atoms with Crippen LogP contribution in [-0.2, 0) is 9.59 Å². The molecule has 5 fully saturated rings. The fraction of sp³-hybridized carbons (Fsp3) is 0.917. The minimum atomic E-state index is -1.17. The summed E-state index contributed by atoms with van der Waals surface area (Å²) in [5.41, 5.74) is 2.27. The summed E-state index contributed by atoms with van der Waals surface area (Å²) in [6.45, 7) is 4.24. The fourth-order valence-electron chi connectivity index (χ4n) is 6.97. The molecule has 180 valence electrons. The molecule has 0 radical (unpaired) electrons. The topological polar surface area (TPSA) is 76.1 Å². The Balaban J connectivity index is 1.13. The molecule has 3 saturated carbocycles. The predicted molar refractivity (Wildman–Crippen MR) is 118 cm³/mol. The molecule has 7 unspecified atom stereocenters. The Labute approximate surface area is 190 Å². The average molecular weight is 451 g/mol. The summed E-state index contributed by atoms with van der Waals surface area (Å²) in [5.74, 6) is 0.828. The van der Waals surface area contributed by atoms with Gasteiger partial charge < -0.3 is 14.9 Å². The van der Waals surface area contributed by atoms with Crippen LogP contribution in [0.15, 0.2) is 0 Å². The first-order valence-electron chi connectivity index (χ1n) is 12.7. The van der Waals surface area contributed by atoms with Crippen LogP contribution >= 0.6 is 0 Å². The largest absolute Gasteiger partial charge is 0.380 e. The van der Waals surface area contributed by atoms with E-state index in [1.165, 1.54) is 19.3 Å². The molecule has 5 rings (SSSR count). The standard InChI is InChI=1S/C24H39FN4O3/c1-15-14-28(9-10-29(15)23(31)24(32)7-8-24)22(30)19-5-3-17(12-20(19)25)16-4-6-21-18(11-16)13-26-27(21)2/h15-21,26,32H,3-14H2,1-2H3. The zero-order valence-corrected chi connectivity index (χ0v) is 19.5. The highest BCUT2D eigenvalue weighted by Gasteiger charge is 2.52. The normalized spacial score (nSPS) is 41.9. The number of nitrogens with zero attached hydrogens (tertiary/aromatic N) is 3. The molecule has 2 amide bonds. The lowest BCUT2D eigenvalue weighted by atomic mass is 9.67. The molecule has 0 bridgehead atoms. The van der Waals surface area contributed by atoms with E-state index in [1.807, 2.05) is 6.92 Å². The molecule has 8 heteroatoms. The van der Waals surface area contributed by atoms with Gasteiger partial charge in [-0.2, -0.15) is 0 Å². The minimum Gasteiger partial charge on any atom is -0.380 e. The quantitative estimate of drug-likeness (QED) is 0.683. The SMILES string of the molecule is CC1CN(C(=O)C2CCC(C3CCC4C(CNN4C)C3)CC2F)CCN1C(=O)C1(O)CC1. The van der Waals surface area contributed by atoms with Gasteiger partial charge in [0.2, 0.25) is 5.91 Å². The van der Waals surface area contributed by atoms with Crippen molar-refractivity contribution in [3.8, 4) is 0 Å². The number of hydrazine groups is 1. The maximum Gasteiger partial charge on any atom is 0.254 e. The Kier molecular flexibility index (Phi) is 5.99. The third-order valence-corrected chi connectivity index (χ3v) is 9.20. The Morgan fingerprint density at radius 3 is 2.44 bits per heavy atom. The van der Waals surface area contributed by atoms with E-state index in [0.29, 0.717) is 69.1 Å². The minimum absolute atomic E-state index is 0.0784. The number of aliphatic hydroxyl groups is 1. The second-order valence-corrected chi connectivity index (χ2v) is 11.2. The highest BCUT2D eigenvalue weighted by Crippen LogP contribution is 2.44. The molecular weight excluding hydrogens is 411 g/mol. The van der Waals surface area contributed by atoms with Crippen molar-refractivity contribution in [3.63, 3.8) is 0 Å². The van der Waals surface area contributed by atoms with E-state index in [9.17, 15) is 14.7 Å². The zero-order valence-electron chi connectivity index (χ0n) is 19.5. The van der Waals surface area contributed by atoms with Crippen molar-refractivity contribution in [1.29, 1.82) is 0 Å². The lowest BCUT2D eigenvalue weighted by Crippen LogP contribution is -2.59. The van der Waals surface area contributed by atoms with Crippen LogP contribution in [0, 0.1) is 23.7 Å². The van der Waals surface area contributed by atoms with E-state index in [-0.39, 0.29) is 17.9 Å². The van der Waals surface area contributed by atoms with Crippen LogP contribution in [0.5, 0.6) is 0 Å². The number of hydrogen-bond donors (Lipinski definition) is 2. The summed E-state index contributed by atoms with van der Waals surface area (Å²) in [7, 11) is 2.13. The number of halogens is 1. The smallest absolute Gasteiger partial charge is 0.254 e. The summed E-state index contributed by atoms with van der Waals surface area (Å²) in [6.07, 6.45) is 5.63. The average Bonchev–Trinajstić information content (AvgIpc) is 3.44. The number of fused-ring (bicyclic) bond motifs is 1. The van der Waals surface area contributed by atoms with Crippen molar-refractivity contribution >= 4 is 11.8 Å². The van der Waals surface area contributed by atoms with Crippen LogP contribution in [-0.4, -0.2) is 88.8 Å². The van der Waals surface area contributed by atoms with Crippen LogP contribution in [0.25, 0.3) is 0 Å². The van der Waals surface area contributed by atoms with Gasteiger partial charge in [0.1, 0.15) is 11.8 Å². The molecule has 0 aromatic rings. The molecule has 0 aromatic carbocycles. The van der Waals surface area contributed by atoms with Crippen molar-refractivity contribution in [1.82, 2.24) is 20.2 Å². The van der Waals surface area contributed by atoms with E-state index in [0.717, 1.165) is 13.0 Å². The Morgan fingerprint density at radius 1 is 1.03 bits per heavy atom. The molecule has 2 saturated heterocycles. The number of rotatable bonds is 3. The first-order valence-corrected chi connectivity index (χ1v) is 12.7. The molecule has 32 heavy (non-hydrogen) atoms. The van der Waals surface area contributed by atoms with Gasteiger partial charge in [-0.1, -0.05) is 0 Å². The van der Waals surface area contributed by atoms with Gasteiger partial charge >= 0.3 is 0 Å². The van der Waals surface area contributed by atoms with Gasteiger partial charge in [0, 0.05) is 45.3 Å². The van der Waals surface area contributed by atoms with Crippen LogP contribution in [0.2, 0.25) is 0 Å². The monoisotopic (exact) mass is 450 g/mol. The molecule has 3 aliphatic carbocycles. The van der Waals surface area contributed by atoms with Gasteiger partial charge in [-0.05, 0) is 76.0 Å². The highest BCUT2D eigenvalue weighted by molar-refractivity contribution is 5.88. The maximum atomic E-state index is 15.3. The number of carbonyl (C=O) groups excluding carboxylic acids is 2. The van der Waals surface area contributed by atoms with E-state index in [1.54, 1.807) is 9.80 Å². The summed E-state index contributed by atoms with van der Waals surface area (Å²) in [5, 5.41) is 12.4. The molecule has 7 atom stereocenters. The van der Waals surface area contributed by atoms with Crippen LogP contribution in [0.4, 0.5) is 4.39 Å². The van der Waals surface area contributed by atoms with Gasteiger partial charge in [0.05, 0.1) is 5.92 Å². The van der Waals surface area contributed by atoms with E-state index < -0.39 is 17.7 Å². The van der Waals surface area contributed by atoms with Crippen LogP contribution in [0.3, 0.4) is 0 Å². The van der Waals surface area contributed by atoms with Gasteiger partial charge in [0.25, 0.3) is 5.91 Å². The number of nitrogens with one attached hydrogen (secondary N) is 1. The van der Waals surface area contributed by atoms with Gasteiger partial charge in [-0.15, -0.1) is 0 Å². The van der Waals surface area contributed by atoms with Crippen LogP contribution in [0.1, 0.15) is 58.3 Å². The maximum absolute atomic E-state index is 15.3. The van der Waals surface area contributed by atoms with Gasteiger partial charge in [-0.3, -0.25) is 15.0 Å². The molecule has 0 spiro atoms. The van der Waals surface area contributed by atoms with Crippen molar-refractivity contribution in [2.45, 2.75) is 82.1 Å². The molecular formula is C24H39FN4O3. The number of alkyl halides is 1. The lowest BCUT2D eigenvalue weighted by molar-refractivity contribution is -0.153. The third kappa shape index (κ3) is 4.07. The number of amides is 2. The Bertz CT molecular complexity index is 747. The second kappa shape index (κ2) is 8.51. The first kappa shape index (κ1) is 22.5. The summed E-state index contributed by atoms with van der Waals surface area (Å²) in [6, 6.07) is 0.478. The molecule has 7 nitrogen and oxygen atoms in total. The summed E-state index contributed by atoms with van der Waals surface area (Å²) >= 11 is 0. The van der Waals surface area contributed by atoms with Crippen molar-refractivity contribution < 1.29 is 19.1 Å². The van der Waals surface area contributed by atoms with Crippen molar-refractivity contribution in [3.05, 3.63) is 0 Å². The lowest BCUT2D eigenvalue weighted by Gasteiger charge is -2.44. The zero-order chi connectivity index (χ0) is 22.6. The van der Waals surface area contributed by atoms with E-state index >= 15 is 4.39 Å². The molecule has 2 N–H and O–H groups in total. The molecule has 5 aliphatic rings. The molecule has 0 aromatic heterocycles. The highest BCUT2D eigenvalue weighted by atomic mass is 19.1. The van der Waals surface area contributed by atoms with Crippen molar-refractivity contribution in [2.75, 3.05) is 33.2 Å². The summed E-state index contributed by atoms with van der Waals surface area (Å²) in [4.78, 5) is 29.1. The Morgan fingerprint density at radius 2 is 1.75 bits per heavy atom. The van der Waals surface area contributed by atoms with Gasteiger partial charge in [-0.25, -0.2) is 9.40 Å². The fourth-order valence-corrected chi connectivity index (χ4v) is 6.97. The third-order valence-electron chi connectivity index (χ3n) is 9.20. The first-order chi connectivity index (χ1) is 15.3. The number of carbonyl (C=O) groups is 2. The summed E-state index contributed by atoms with van der Waals surface area (Å²) < 4.78 is 15.3. The Hall–Kier alpha value is -1.25. The number of hydrogen-bond acceptors (Lipinski definition) is 5. The predicted octanol–water partition coefficient (Wildman–Crippen LogP) is 1.56. The molecule has 2 aliphatic heterocycles. The van der Waals surface area contributed by atoms with E-state index in [2.05, 4.69) is 17.5 Å². The van der Waals surface area contributed by atoms with Gasteiger partial charge in [0.15, 0.2) is 0 Å². The van der Waals surface area contributed by atoms with Crippen molar-refractivity contribution in [2.24, 2.45) is 23.7 Å². The van der Waals surface area contributed by atoms with Crippen LogP contribution < -0.4 is 5.43 Å². The number of piperazine rings is 1.